The molecule has 0 aliphatic rings. The van der Waals surface area contributed by atoms with Gasteiger partial charge in [0.05, 0.1) is 7.11 Å². The second kappa shape index (κ2) is 5.37. The van der Waals surface area contributed by atoms with Crippen LogP contribution < -0.4 is 16.1 Å². The van der Waals surface area contributed by atoms with Crippen LogP contribution >= 0.6 is 0 Å². The number of ether oxygens (including phenoxy) is 1. The van der Waals surface area contributed by atoms with Crippen molar-refractivity contribution in [3.05, 3.63) is 70.1 Å². The van der Waals surface area contributed by atoms with E-state index in [0.717, 1.165) is 0 Å². The van der Waals surface area contributed by atoms with Gasteiger partial charge in [0, 0.05) is 16.6 Å². The van der Waals surface area contributed by atoms with Crippen molar-refractivity contribution >= 4 is 22.4 Å². The van der Waals surface area contributed by atoms with Crippen LogP contribution in [0.1, 0.15) is 15.9 Å². The molecule has 5 heteroatoms. The Labute approximate surface area is 125 Å². The fraction of sp³-hybridized carbons (Fsp3) is 0.0588. The Morgan fingerprint density at radius 3 is 2.55 bits per heavy atom. The Hall–Kier alpha value is -3.08. The van der Waals surface area contributed by atoms with Crippen LogP contribution in [0.2, 0.25) is 0 Å². The molecule has 0 bridgehead atoms. The fourth-order valence-electron chi connectivity index (χ4n) is 2.23. The highest BCUT2D eigenvalue weighted by molar-refractivity contribution is 6.10. The molecule has 3 rings (SSSR count). The molecule has 0 aliphatic carbocycles. The highest BCUT2D eigenvalue weighted by Crippen LogP contribution is 2.25. The Kier molecular flexibility index (Phi) is 3.39. The third-order valence-electron chi connectivity index (χ3n) is 3.36. The lowest BCUT2D eigenvalue weighted by Gasteiger charge is -2.05. The molecule has 2 N–H and O–H groups in total. The summed E-state index contributed by atoms with van der Waals surface area (Å²) >= 11 is 0. The first-order chi connectivity index (χ1) is 10.6. The molecule has 0 saturated carbocycles. The van der Waals surface area contributed by atoms with Crippen LogP contribution in [0.3, 0.4) is 0 Å². The maximum atomic E-state index is 12.4. The number of carbonyl (C=O) groups excluding carboxylic acids is 1. The Bertz CT molecular complexity index is 910. The summed E-state index contributed by atoms with van der Waals surface area (Å²) in [5.74, 6) is 0.0413. The van der Waals surface area contributed by atoms with E-state index in [2.05, 4.69) is 0 Å². The molecule has 5 nitrogen and oxygen atoms in total. The predicted molar refractivity (Wildman–Crippen MR) is 83.3 cm³/mol. The Morgan fingerprint density at radius 1 is 1.14 bits per heavy atom. The number of carbonyl (C=O) groups is 1. The largest absolute Gasteiger partial charge is 0.493 e. The normalized spacial score (nSPS) is 10.6. The van der Waals surface area contributed by atoms with E-state index in [-0.39, 0.29) is 5.56 Å². The molecule has 110 valence electrons. The average molecular weight is 295 g/mol. The summed E-state index contributed by atoms with van der Waals surface area (Å²) < 4.78 is 10.4. The number of ketones is 1. The molecule has 0 fully saturated rings. The topological polar surface area (TPSA) is 82.5 Å². The van der Waals surface area contributed by atoms with E-state index in [1.807, 2.05) is 0 Å². The first-order valence-electron chi connectivity index (χ1n) is 6.61. The van der Waals surface area contributed by atoms with Gasteiger partial charge in [0.25, 0.3) is 0 Å². The maximum absolute atomic E-state index is 12.4. The molecule has 2 aromatic carbocycles. The number of para-hydroxylation sites is 1. The van der Waals surface area contributed by atoms with Crippen molar-refractivity contribution in [1.82, 2.24) is 0 Å². The summed E-state index contributed by atoms with van der Waals surface area (Å²) in [7, 11) is 1.49. The lowest BCUT2D eigenvalue weighted by atomic mass is 10.0. The lowest BCUT2D eigenvalue weighted by molar-refractivity contribution is 0.103. The molecule has 1 heterocycles. The summed E-state index contributed by atoms with van der Waals surface area (Å²) in [5.41, 5.74) is 6.13. The number of methoxy groups -OCH3 is 1. The van der Waals surface area contributed by atoms with Gasteiger partial charge < -0.3 is 14.9 Å². The maximum Gasteiger partial charge on any atom is 0.347 e. The molecule has 0 amide bonds. The van der Waals surface area contributed by atoms with Crippen molar-refractivity contribution in [2.45, 2.75) is 0 Å². The van der Waals surface area contributed by atoms with Gasteiger partial charge in [0.2, 0.25) is 0 Å². The average Bonchev–Trinajstić information content (AvgIpc) is 2.53. The van der Waals surface area contributed by atoms with Gasteiger partial charge in [-0.05, 0) is 36.4 Å². The zero-order chi connectivity index (χ0) is 15.7. The first kappa shape index (κ1) is 13.9. The van der Waals surface area contributed by atoms with E-state index in [4.69, 9.17) is 14.9 Å². The molecule has 1 aromatic heterocycles. The number of rotatable bonds is 3. The lowest BCUT2D eigenvalue weighted by Crippen LogP contribution is -2.14. The molecule has 3 aromatic rings. The number of nitrogen functional groups attached to an aromatic ring is 1. The summed E-state index contributed by atoms with van der Waals surface area (Å²) in [4.78, 5) is 24.6. The van der Waals surface area contributed by atoms with E-state index in [1.54, 1.807) is 42.5 Å². The molecular formula is C17H13NO4. The Morgan fingerprint density at radius 2 is 1.86 bits per heavy atom. The first-order valence-corrected chi connectivity index (χ1v) is 6.61. The molecule has 0 atom stereocenters. The minimum atomic E-state index is -0.696. The Balaban J connectivity index is 2.15. The van der Waals surface area contributed by atoms with E-state index < -0.39 is 11.4 Å². The van der Waals surface area contributed by atoms with Gasteiger partial charge in [0.15, 0.2) is 17.1 Å². The van der Waals surface area contributed by atoms with E-state index in [1.165, 1.54) is 13.2 Å². The van der Waals surface area contributed by atoms with Crippen LogP contribution in [0.5, 0.6) is 5.75 Å². The number of nitrogens with two attached hydrogens (primary N) is 1. The van der Waals surface area contributed by atoms with E-state index in [9.17, 15) is 9.59 Å². The highest BCUT2D eigenvalue weighted by atomic mass is 16.5. The van der Waals surface area contributed by atoms with Gasteiger partial charge in [-0.15, -0.1) is 0 Å². The number of anilines is 1. The second-order valence-electron chi connectivity index (χ2n) is 4.78. The molecule has 22 heavy (non-hydrogen) atoms. The van der Waals surface area contributed by atoms with Gasteiger partial charge in [-0.3, -0.25) is 4.79 Å². The van der Waals surface area contributed by atoms with Crippen LogP contribution in [-0.4, -0.2) is 12.9 Å². The minimum absolute atomic E-state index is 0.0227. The van der Waals surface area contributed by atoms with Crippen molar-refractivity contribution in [1.29, 1.82) is 0 Å². The van der Waals surface area contributed by atoms with Crippen LogP contribution in [-0.2, 0) is 0 Å². The number of fused-ring (bicyclic) bond motifs is 1. The van der Waals surface area contributed by atoms with Gasteiger partial charge in [0.1, 0.15) is 5.56 Å². The van der Waals surface area contributed by atoms with Crippen LogP contribution in [0.25, 0.3) is 11.0 Å². The molecule has 0 radical (unpaired) electrons. The molecule has 0 saturated heterocycles. The van der Waals surface area contributed by atoms with Gasteiger partial charge in [-0.1, -0.05) is 12.1 Å². The SMILES string of the molecule is COc1cccc2cc(C(=O)c3ccc(N)cc3)c(=O)oc12. The molecule has 0 unspecified atom stereocenters. The third kappa shape index (κ3) is 2.33. The molecule has 0 spiro atoms. The summed E-state index contributed by atoms with van der Waals surface area (Å²) in [6, 6.07) is 13.1. The number of hydrogen-bond acceptors (Lipinski definition) is 5. The third-order valence-corrected chi connectivity index (χ3v) is 3.36. The standard InChI is InChI=1S/C17H13NO4/c1-21-14-4-2-3-11-9-13(17(20)22-16(11)14)15(19)10-5-7-12(18)8-6-10/h2-9H,18H2,1H3. The number of hydrogen-bond donors (Lipinski definition) is 1. The summed E-state index contributed by atoms with van der Waals surface area (Å²) in [6.07, 6.45) is 0. The predicted octanol–water partition coefficient (Wildman–Crippen LogP) is 2.61. The summed E-state index contributed by atoms with van der Waals surface area (Å²) in [5, 5.41) is 0.623. The zero-order valence-corrected chi connectivity index (χ0v) is 11.8. The second-order valence-corrected chi connectivity index (χ2v) is 4.78. The van der Waals surface area contributed by atoms with Crippen LogP contribution in [0.15, 0.2) is 57.7 Å². The number of benzene rings is 2. The van der Waals surface area contributed by atoms with Crippen molar-refractivity contribution in [3.8, 4) is 5.75 Å². The van der Waals surface area contributed by atoms with Gasteiger partial charge >= 0.3 is 5.63 Å². The monoisotopic (exact) mass is 295 g/mol. The molecular weight excluding hydrogens is 282 g/mol. The van der Waals surface area contributed by atoms with Crippen molar-refractivity contribution < 1.29 is 13.9 Å². The van der Waals surface area contributed by atoms with Crippen molar-refractivity contribution in [3.63, 3.8) is 0 Å². The quantitative estimate of drug-likeness (QED) is 0.456. The minimum Gasteiger partial charge on any atom is -0.493 e. The van der Waals surface area contributed by atoms with Gasteiger partial charge in [-0.25, -0.2) is 4.79 Å². The molecule has 0 aliphatic heterocycles. The van der Waals surface area contributed by atoms with E-state index in [0.29, 0.717) is 28.0 Å². The van der Waals surface area contributed by atoms with E-state index >= 15 is 0 Å². The van der Waals surface area contributed by atoms with Gasteiger partial charge in [-0.2, -0.15) is 0 Å². The fourth-order valence-corrected chi connectivity index (χ4v) is 2.23. The van der Waals surface area contributed by atoms with Crippen LogP contribution in [0, 0.1) is 0 Å². The smallest absolute Gasteiger partial charge is 0.347 e. The summed E-state index contributed by atoms with van der Waals surface area (Å²) in [6.45, 7) is 0. The zero-order valence-electron chi connectivity index (χ0n) is 11.8. The van der Waals surface area contributed by atoms with Crippen molar-refractivity contribution in [2.75, 3.05) is 12.8 Å². The van der Waals surface area contributed by atoms with Crippen LogP contribution in [0.4, 0.5) is 5.69 Å². The van der Waals surface area contributed by atoms with Crippen molar-refractivity contribution in [2.24, 2.45) is 0 Å². The highest BCUT2D eigenvalue weighted by Gasteiger charge is 2.17.